The summed E-state index contributed by atoms with van der Waals surface area (Å²) in [6.45, 7) is 4.34. The predicted octanol–water partition coefficient (Wildman–Crippen LogP) is 4.78. The molecule has 2 aromatic carbocycles. The first-order valence-electron chi connectivity index (χ1n) is 9.14. The van der Waals surface area contributed by atoms with Crippen LogP contribution in [0.15, 0.2) is 72.9 Å². The van der Waals surface area contributed by atoms with Crippen LogP contribution in [-0.2, 0) is 6.61 Å². The monoisotopic (exact) mass is 371 g/mol. The van der Waals surface area contributed by atoms with Crippen LogP contribution in [0.5, 0.6) is 5.75 Å². The maximum atomic E-state index is 12.8. The highest BCUT2D eigenvalue weighted by molar-refractivity contribution is 6.04. The molecule has 0 unspecified atom stereocenters. The molecule has 1 N–H and O–H groups in total. The van der Waals surface area contributed by atoms with E-state index in [4.69, 9.17) is 4.74 Å². The molecule has 0 aliphatic carbocycles. The van der Waals surface area contributed by atoms with Crippen LogP contribution in [0.3, 0.4) is 0 Å². The molecule has 5 heteroatoms. The maximum Gasteiger partial charge on any atom is 0.274 e. The molecule has 0 aliphatic heterocycles. The van der Waals surface area contributed by atoms with Gasteiger partial charge in [-0.05, 0) is 55.3 Å². The van der Waals surface area contributed by atoms with Gasteiger partial charge in [-0.1, -0.05) is 36.4 Å². The van der Waals surface area contributed by atoms with Crippen molar-refractivity contribution >= 4 is 17.2 Å². The van der Waals surface area contributed by atoms with Gasteiger partial charge in [-0.3, -0.25) is 9.20 Å². The van der Waals surface area contributed by atoms with Gasteiger partial charge in [-0.25, -0.2) is 4.98 Å². The summed E-state index contributed by atoms with van der Waals surface area (Å²) >= 11 is 0. The minimum atomic E-state index is -0.187. The summed E-state index contributed by atoms with van der Waals surface area (Å²) in [6, 6.07) is 21.3. The number of rotatable bonds is 5. The Morgan fingerprint density at radius 3 is 2.50 bits per heavy atom. The van der Waals surface area contributed by atoms with E-state index in [1.807, 2.05) is 91.2 Å². The Bertz CT molecular complexity index is 1120. The molecule has 0 spiro atoms. The SMILES string of the molecule is Cc1nc2c(C)cccn2c1C(=O)Nc1ccc(OCc2ccccc2)cc1. The summed E-state index contributed by atoms with van der Waals surface area (Å²) in [5.74, 6) is 0.567. The molecule has 4 aromatic rings. The first kappa shape index (κ1) is 17.8. The fourth-order valence-electron chi connectivity index (χ4n) is 3.16. The normalized spacial score (nSPS) is 10.8. The van der Waals surface area contributed by atoms with Gasteiger partial charge in [0.15, 0.2) is 0 Å². The minimum Gasteiger partial charge on any atom is -0.489 e. The largest absolute Gasteiger partial charge is 0.489 e. The van der Waals surface area contributed by atoms with Crippen LogP contribution in [0.25, 0.3) is 5.65 Å². The Hall–Kier alpha value is -3.60. The lowest BCUT2D eigenvalue weighted by atomic mass is 10.2. The molecule has 140 valence electrons. The number of aryl methyl sites for hydroxylation is 2. The summed E-state index contributed by atoms with van der Waals surface area (Å²) in [7, 11) is 0. The predicted molar refractivity (Wildman–Crippen MR) is 110 cm³/mol. The zero-order valence-corrected chi connectivity index (χ0v) is 15.8. The number of benzene rings is 2. The number of imidazole rings is 1. The molecule has 0 aliphatic rings. The number of aromatic nitrogens is 2. The van der Waals surface area contributed by atoms with E-state index >= 15 is 0 Å². The zero-order valence-electron chi connectivity index (χ0n) is 15.8. The van der Waals surface area contributed by atoms with Crippen LogP contribution < -0.4 is 10.1 Å². The molecule has 0 saturated heterocycles. The number of carbonyl (C=O) groups is 1. The highest BCUT2D eigenvalue weighted by atomic mass is 16.5. The van der Waals surface area contributed by atoms with Crippen LogP contribution in [0.4, 0.5) is 5.69 Å². The summed E-state index contributed by atoms with van der Waals surface area (Å²) < 4.78 is 7.62. The molecule has 0 fully saturated rings. The number of anilines is 1. The molecule has 1 amide bonds. The van der Waals surface area contributed by atoms with E-state index in [-0.39, 0.29) is 5.91 Å². The van der Waals surface area contributed by atoms with Gasteiger partial charge in [-0.2, -0.15) is 0 Å². The average molecular weight is 371 g/mol. The second kappa shape index (κ2) is 7.56. The zero-order chi connectivity index (χ0) is 19.5. The second-order valence-electron chi connectivity index (χ2n) is 6.68. The fourth-order valence-corrected chi connectivity index (χ4v) is 3.16. The third-order valence-corrected chi connectivity index (χ3v) is 4.60. The van der Waals surface area contributed by atoms with E-state index in [9.17, 15) is 4.79 Å². The first-order valence-corrected chi connectivity index (χ1v) is 9.14. The summed E-state index contributed by atoms with van der Waals surface area (Å²) in [5.41, 5.74) is 4.90. The van der Waals surface area contributed by atoms with Gasteiger partial charge in [-0.15, -0.1) is 0 Å². The lowest BCUT2D eigenvalue weighted by molar-refractivity contribution is 0.102. The lowest BCUT2D eigenvalue weighted by Crippen LogP contribution is -2.15. The molecule has 0 saturated carbocycles. The van der Waals surface area contributed by atoms with Crippen LogP contribution >= 0.6 is 0 Å². The number of pyridine rings is 1. The van der Waals surface area contributed by atoms with Gasteiger partial charge in [0.25, 0.3) is 5.91 Å². The Balaban J connectivity index is 1.47. The maximum absolute atomic E-state index is 12.8. The fraction of sp³-hybridized carbons (Fsp3) is 0.130. The van der Waals surface area contributed by atoms with Crippen molar-refractivity contribution in [3.63, 3.8) is 0 Å². The summed E-state index contributed by atoms with van der Waals surface area (Å²) in [4.78, 5) is 17.3. The number of hydrogen-bond acceptors (Lipinski definition) is 3. The minimum absolute atomic E-state index is 0.187. The Morgan fingerprint density at radius 2 is 1.75 bits per heavy atom. The lowest BCUT2D eigenvalue weighted by Gasteiger charge is -2.09. The van der Waals surface area contributed by atoms with Crippen molar-refractivity contribution in [2.24, 2.45) is 0 Å². The Labute approximate surface area is 163 Å². The molecule has 2 aromatic heterocycles. The van der Waals surface area contributed by atoms with Gasteiger partial charge in [0.05, 0.1) is 5.69 Å². The van der Waals surface area contributed by atoms with Crippen LogP contribution in [0.1, 0.15) is 27.3 Å². The standard InChI is InChI=1S/C23H21N3O2/c1-16-7-6-14-26-21(17(2)24-22(16)26)23(27)25-19-10-12-20(13-11-19)28-15-18-8-4-3-5-9-18/h3-14H,15H2,1-2H3,(H,25,27). The Morgan fingerprint density at radius 1 is 1.00 bits per heavy atom. The van der Waals surface area contributed by atoms with E-state index in [0.29, 0.717) is 23.7 Å². The van der Waals surface area contributed by atoms with Gasteiger partial charge >= 0.3 is 0 Å². The van der Waals surface area contributed by atoms with Crippen molar-refractivity contribution in [3.8, 4) is 5.75 Å². The number of ether oxygens (including phenoxy) is 1. The van der Waals surface area contributed by atoms with Crippen LogP contribution in [0.2, 0.25) is 0 Å². The molecule has 5 nitrogen and oxygen atoms in total. The van der Waals surface area contributed by atoms with Crippen molar-refractivity contribution in [1.29, 1.82) is 0 Å². The third-order valence-electron chi connectivity index (χ3n) is 4.60. The number of nitrogens with zero attached hydrogens (tertiary/aromatic N) is 2. The van der Waals surface area contributed by atoms with E-state index < -0.39 is 0 Å². The molecule has 0 radical (unpaired) electrons. The highest BCUT2D eigenvalue weighted by Gasteiger charge is 2.17. The van der Waals surface area contributed by atoms with Crippen LogP contribution in [-0.4, -0.2) is 15.3 Å². The van der Waals surface area contributed by atoms with Gasteiger partial charge in [0.2, 0.25) is 0 Å². The van der Waals surface area contributed by atoms with Crippen LogP contribution in [0, 0.1) is 13.8 Å². The molecular formula is C23H21N3O2. The number of amides is 1. The van der Waals surface area contributed by atoms with E-state index in [2.05, 4.69) is 10.3 Å². The summed E-state index contributed by atoms with van der Waals surface area (Å²) in [5, 5.41) is 2.94. The summed E-state index contributed by atoms with van der Waals surface area (Å²) in [6.07, 6.45) is 1.86. The molecule has 0 atom stereocenters. The van der Waals surface area contributed by atoms with E-state index in [0.717, 1.165) is 22.5 Å². The smallest absolute Gasteiger partial charge is 0.274 e. The van der Waals surface area contributed by atoms with E-state index in [1.165, 1.54) is 0 Å². The number of carbonyl (C=O) groups excluding carboxylic acids is 1. The first-order chi connectivity index (χ1) is 13.6. The van der Waals surface area contributed by atoms with Crippen molar-refractivity contribution in [2.45, 2.75) is 20.5 Å². The van der Waals surface area contributed by atoms with Crippen molar-refractivity contribution in [3.05, 3.63) is 95.4 Å². The number of hydrogen-bond donors (Lipinski definition) is 1. The topological polar surface area (TPSA) is 55.6 Å². The average Bonchev–Trinajstić information content (AvgIpc) is 3.06. The highest BCUT2D eigenvalue weighted by Crippen LogP contribution is 2.20. The molecule has 2 heterocycles. The molecule has 28 heavy (non-hydrogen) atoms. The Kier molecular flexibility index (Phi) is 4.81. The van der Waals surface area contributed by atoms with Gasteiger partial charge < -0.3 is 10.1 Å². The van der Waals surface area contributed by atoms with E-state index in [1.54, 1.807) is 0 Å². The van der Waals surface area contributed by atoms with Crippen molar-refractivity contribution in [1.82, 2.24) is 9.38 Å². The number of fused-ring (bicyclic) bond motifs is 1. The second-order valence-corrected chi connectivity index (χ2v) is 6.68. The quantitative estimate of drug-likeness (QED) is 0.549. The van der Waals surface area contributed by atoms with Gasteiger partial charge in [0, 0.05) is 11.9 Å². The molecule has 0 bridgehead atoms. The van der Waals surface area contributed by atoms with Crippen molar-refractivity contribution in [2.75, 3.05) is 5.32 Å². The van der Waals surface area contributed by atoms with Gasteiger partial charge in [0.1, 0.15) is 23.7 Å². The molecule has 4 rings (SSSR count). The number of nitrogens with one attached hydrogen (secondary N) is 1. The third kappa shape index (κ3) is 3.60. The molecular weight excluding hydrogens is 350 g/mol. The van der Waals surface area contributed by atoms with Crippen molar-refractivity contribution < 1.29 is 9.53 Å².